The topological polar surface area (TPSA) is 79.4 Å². The van der Waals surface area contributed by atoms with Gasteiger partial charge in [-0.25, -0.2) is 13.4 Å². The average Bonchev–Trinajstić information content (AvgIpc) is 3.10. The van der Waals surface area contributed by atoms with E-state index >= 15 is 0 Å². The molecule has 1 aliphatic carbocycles. The van der Waals surface area contributed by atoms with Crippen LogP contribution in [0.15, 0.2) is 23.1 Å². The van der Waals surface area contributed by atoms with Crippen LogP contribution in [0.3, 0.4) is 0 Å². The van der Waals surface area contributed by atoms with Crippen LogP contribution in [-0.2, 0) is 22.9 Å². The molecule has 1 aromatic carbocycles. The second-order valence-corrected chi connectivity index (χ2v) is 11.2. The Hall–Kier alpha value is -1.77. The summed E-state index contributed by atoms with van der Waals surface area (Å²) in [5, 5.41) is 3.48. The molecule has 2 heterocycles. The number of thiazole rings is 1. The summed E-state index contributed by atoms with van der Waals surface area (Å²) >= 11 is 1.53. The predicted octanol–water partition coefficient (Wildman–Crippen LogP) is 4.00. The van der Waals surface area contributed by atoms with Crippen molar-refractivity contribution < 1.29 is 13.2 Å². The van der Waals surface area contributed by atoms with E-state index in [0.717, 1.165) is 49.8 Å². The maximum Gasteiger partial charge on any atom is 0.257 e. The molecule has 1 amide bonds. The number of hydrogen-bond acceptors (Lipinski definition) is 5. The quantitative estimate of drug-likeness (QED) is 0.790. The van der Waals surface area contributed by atoms with Gasteiger partial charge in [-0.2, -0.15) is 4.31 Å². The number of amides is 1. The number of aromatic nitrogens is 1. The number of anilines is 1. The maximum absolute atomic E-state index is 13.0. The molecule has 0 spiro atoms. The third kappa shape index (κ3) is 4.25. The average molecular weight is 434 g/mol. The molecule has 1 aromatic heterocycles. The molecule has 1 saturated heterocycles. The van der Waals surface area contributed by atoms with Crippen LogP contribution in [0.2, 0.25) is 0 Å². The maximum atomic E-state index is 13.0. The van der Waals surface area contributed by atoms with E-state index in [4.69, 9.17) is 0 Å². The first-order valence-corrected chi connectivity index (χ1v) is 12.5. The number of nitrogens with one attached hydrogen (secondary N) is 1. The van der Waals surface area contributed by atoms with Gasteiger partial charge in [0, 0.05) is 23.5 Å². The van der Waals surface area contributed by atoms with Gasteiger partial charge < -0.3 is 0 Å². The summed E-state index contributed by atoms with van der Waals surface area (Å²) in [5.41, 5.74) is 2.21. The van der Waals surface area contributed by atoms with Crippen molar-refractivity contribution in [2.75, 3.05) is 18.4 Å². The highest BCUT2D eigenvalue weighted by Gasteiger charge is 2.27. The molecule has 156 valence electrons. The summed E-state index contributed by atoms with van der Waals surface area (Å²) in [4.78, 5) is 18.9. The molecule has 29 heavy (non-hydrogen) atoms. The molecule has 0 bridgehead atoms. The zero-order valence-corrected chi connectivity index (χ0v) is 18.5. The first-order valence-electron chi connectivity index (χ1n) is 10.3. The Morgan fingerprint density at radius 2 is 2.00 bits per heavy atom. The monoisotopic (exact) mass is 433 g/mol. The Labute approximate surface area is 176 Å². The van der Waals surface area contributed by atoms with Crippen LogP contribution >= 0.6 is 11.3 Å². The van der Waals surface area contributed by atoms with E-state index in [9.17, 15) is 13.2 Å². The summed E-state index contributed by atoms with van der Waals surface area (Å²) in [7, 11) is -3.58. The van der Waals surface area contributed by atoms with Gasteiger partial charge in [-0.15, -0.1) is 11.3 Å². The molecule has 1 fully saturated rings. The highest BCUT2D eigenvalue weighted by molar-refractivity contribution is 7.89. The Bertz CT molecular complexity index is 1020. The van der Waals surface area contributed by atoms with Crippen molar-refractivity contribution in [3.63, 3.8) is 0 Å². The van der Waals surface area contributed by atoms with E-state index in [-0.39, 0.29) is 10.8 Å². The lowest BCUT2D eigenvalue weighted by Gasteiger charge is -2.26. The van der Waals surface area contributed by atoms with Crippen molar-refractivity contribution in [2.45, 2.75) is 57.3 Å². The van der Waals surface area contributed by atoms with Gasteiger partial charge >= 0.3 is 0 Å². The van der Waals surface area contributed by atoms with Crippen molar-refractivity contribution >= 4 is 32.4 Å². The molecule has 1 unspecified atom stereocenters. The Kier molecular flexibility index (Phi) is 5.77. The molecule has 2 aromatic rings. The number of sulfonamides is 1. The highest BCUT2D eigenvalue weighted by Crippen LogP contribution is 2.32. The third-order valence-electron chi connectivity index (χ3n) is 5.81. The van der Waals surface area contributed by atoms with Crippen LogP contribution < -0.4 is 5.32 Å². The van der Waals surface area contributed by atoms with Crippen molar-refractivity contribution in [2.24, 2.45) is 5.92 Å². The number of nitrogens with zero attached hydrogens (tertiary/aromatic N) is 2. The molecule has 1 N–H and O–H groups in total. The Morgan fingerprint density at radius 3 is 2.76 bits per heavy atom. The summed E-state index contributed by atoms with van der Waals surface area (Å²) in [5.74, 6) is 0.336. The zero-order chi connectivity index (χ0) is 20.6. The van der Waals surface area contributed by atoms with E-state index in [1.807, 2.05) is 6.92 Å². The van der Waals surface area contributed by atoms with Crippen molar-refractivity contribution in [3.8, 4) is 0 Å². The van der Waals surface area contributed by atoms with E-state index < -0.39 is 10.0 Å². The van der Waals surface area contributed by atoms with Gasteiger partial charge in [0.2, 0.25) is 10.0 Å². The van der Waals surface area contributed by atoms with Crippen molar-refractivity contribution in [1.29, 1.82) is 0 Å². The predicted molar refractivity (Wildman–Crippen MR) is 115 cm³/mol. The summed E-state index contributed by atoms with van der Waals surface area (Å²) < 4.78 is 27.5. The number of rotatable bonds is 4. The number of hydrogen-bond donors (Lipinski definition) is 1. The van der Waals surface area contributed by atoms with Gasteiger partial charge in [-0.3, -0.25) is 10.1 Å². The van der Waals surface area contributed by atoms with Crippen LogP contribution in [0.25, 0.3) is 0 Å². The largest absolute Gasteiger partial charge is 0.298 e. The van der Waals surface area contributed by atoms with Gasteiger partial charge in [0.1, 0.15) is 0 Å². The van der Waals surface area contributed by atoms with Crippen molar-refractivity contribution in [3.05, 3.63) is 39.9 Å². The van der Waals surface area contributed by atoms with E-state index in [1.54, 1.807) is 12.1 Å². The zero-order valence-electron chi connectivity index (χ0n) is 16.9. The van der Waals surface area contributed by atoms with Crippen LogP contribution in [0.4, 0.5) is 5.13 Å². The fourth-order valence-corrected chi connectivity index (χ4v) is 6.73. The number of piperidine rings is 1. The van der Waals surface area contributed by atoms with Gasteiger partial charge in [0.05, 0.1) is 10.6 Å². The summed E-state index contributed by atoms with van der Waals surface area (Å²) in [6.07, 6.45) is 5.90. The minimum Gasteiger partial charge on any atom is -0.298 e. The van der Waals surface area contributed by atoms with Crippen LogP contribution in [0, 0.1) is 12.8 Å². The van der Waals surface area contributed by atoms with E-state index in [1.165, 1.54) is 26.6 Å². The molecule has 6 nitrogen and oxygen atoms in total. The fourth-order valence-electron chi connectivity index (χ4n) is 4.02. The summed E-state index contributed by atoms with van der Waals surface area (Å²) in [6, 6.07) is 4.81. The molecule has 1 atom stereocenters. The van der Waals surface area contributed by atoms with Gasteiger partial charge in [0.25, 0.3) is 5.91 Å². The number of carbonyl (C=O) groups excluding carboxylic acids is 1. The van der Waals surface area contributed by atoms with Crippen LogP contribution in [-0.4, -0.2) is 36.7 Å². The van der Waals surface area contributed by atoms with Crippen LogP contribution in [0.5, 0.6) is 0 Å². The highest BCUT2D eigenvalue weighted by atomic mass is 32.2. The lowest BCUT2D eigenvalue weighted by molar-refractivity contribution is 0.102. The Balaban J connectivity index is 1.57. The SMILES string of the molecule is Cc1ccc(S(=O)(=O)N2CCCCC2)cc1C(=O)Nc1nc2c(s1)CC(C)CC2. The minimum absolute atomic E-state index is 0.183. The molecule has 2 aliphatic rings. The van der Waals surface area contributed by atoms with Gasteiger partial charge in [0.15, 0.2) is 5.13 Å². The molecular weight excluding hydrogens is 406 g/mol. The van der Waals surface area contributed by atoms with E-state index in [0.29, 0.717) is 29.7 Å². The number of fused-ring (bicyclic) bond motifs is 1. The standard InChI is InChI=1S/C21H27N3O3S2/c1-14-6-9-18-19(12-14)28-21(22-18)23-20(25)17-13-16(8-7-15(17)2)29(26,27)24-10-4-3-5-11-24/h7-8,13-14H,3-6,9-12H2,1-2H3,(H,22,23,25). The number of aryl methyl sites for hydroxylation is 2. The van der Waals surface area contributed by atoms with E-state index in [2.05, 4.69) is 17.2 Å². The first-order chi connectivity index (χ1) is 13.8. The third-order valence-corrected chi connectivity index (χ3v) is 8.74. The summed E-state index contributed by atoms with van der Waals surface area (Å²) in [6.45, 7) is 5.14. The lowest BCUT2D eigenvalue weighted by atomic mass is 9.93. The fraction of sp³-hybridized carbons (Fsp3) is 0.524. The molecule has 0 radical (unpaired) electrons. The molecule has 8 heteroatoms. The Morgan fingerprint density at radius 1 is 1.24 bits per heavy atom. The van der Waals surface area contributed by atoms with Crippen LogP contribution in [0.1, 0.15) is 59.1 Å². The normalized spacial score (nSPS) is 20.3. The smallest absolute Gasteiger partial charge is 0.257 e. The first kappa shape index (κ1) is 20.5. The lowest BCUT2D eigenvalue weighted by Crippen LogP contribution is -2.35. The second-order valence-electron chi connectivity index (χ2n) is 8.13. The second kappa shape index (κ2) is 8.16. The van der Waals surface area contributed by atoms with Crippen molar-refractivity contribution in [1.82, 2.24) is 9.29 Å². The van der Waals surface area contributed by atoms with Gasteiger partial charge in [-0.05, 0) is 62.6 Å². The minimum atomic E-state index is -3.58. The molecule has 4 rings (SSSR count). The number of carbonyl (C=O) groups is 1. The molecular formula is C21H27N3O3S2. The number of benzene rings is 1. The van der Waals surface area contributed by atoms with Gasteiger partial charge in [-0.1, -0.05) is 19.4 Å². The molecule has 1 aliphatic heterocycles. The molecule has 0 saturated carbocycles.